The third kappa shape index (κ3) is 3.79. The fourth-order valence-electron chi connectivity index (χ4n) is 2.72. The highest BCUT2D eigenvalue weighted by atomic mass is 79.9. The second-order valence-electron chi connectivity index (χ2n) is 5.58. The van der Waals surface area contributed by atoms with Crippen LogP contribution >= 0.6 is 15.9 Å². The standard InChI is InChI=1S/C18H17BrFNO2/c19-14-6-7-15(16(20)10-14)17(12-4-2-1-3-5-12)21-18(22)13-8-9-23-11-13/h1-7,10,13,17H,8-9,11H2,(H,21,22). The summed E-state index contributed by atoms with van der Waals surface area (Å²) in [4.78, 5) is 12.5. The second-order valence-corrected chi connectivity index (χ2v) is 6.49. The van der Waals surface area contributed by atoms with Gasteiger partial charge in [0.15, 0.2) is 0 Å². The largest absolute Gasteiger partial charge is 0.381 e. The van der Waals surface area contributed by atoms with E-state index in [1.165, 1.54) is 6.07 Å². The number of benzene rings is 2. The molecule has 120 valence electrons. The monoisotopic (exact) mass is 377 g/mol. The van der Waals surface area contributed by atoms with Crippen molar-refractivity contribution in [1.29, 1.82) is 0 Å². The van der Waals surface area contributed by atoms with Crippen LogP contribution in [0.2, 0.25) is 0 Å². The molecule has 0 aromatic heterocycles. The SMILES string of the molecule is O=C(NC(c1ccccc1)c1ccc(Br)cc1F)C1CCOC1. The molecule has 1 amide bonds. The molecule has 0 saturated carbocycles. The van der Waals surface area contributed by atoms with Crippen LogP contribution in [0, 0.1) is 11.7 Å². The minimum atomic E-state index is -0.516. The van der Waals surface area contributed by atoms with Gasteiger partial charge in [0.25, 0.3) is 0 Å². The van der Waals surface area contributed by atoms with Crippen LogP contribution < -0.4 is 5.32 Å². The molecule has 0 aliphatic carbocycles. The number of ether oxygens (including phenoxy) is 1. The lowest BCUT2D eigenvalue weighted by Crippen LogP contribution is -2.35. The number of amides is 1. The van der Waals surface area contributed by atoms with Crippen molar-refractivity contribution in [3.63, 3.8) is 0 Å². The number of hydrogen-bond acceptors (Lipinski definition) is 2. The first-order valence-electron chi connectivity index (χ1n) is 7.53. The van der Waals surface area contributed by atoms with E-state index in [1.807, 2.05) is 30.3 Å². The summed E-state index contributed by atoms with van der Waals surface area (Å²) < 4.78 is 20.3. The Morgan fingerprint density at radius 2 is 2.04 bits per heavy atom. The van der Waals surface area contributed by atoms with Gasteiger partial charge in [-0.15, -0.1) is 0 Å². The molecule has 2 atom stereocenters. The first-order chi connectivity index (χ1) is 11.1. The predicted molar refractivity (Wildman–Crippen MR) is 89.5 cm³/mol. The van der Waals surface area contributed by atoms with Crippen molar-refractivity contribution < 1.29 is 13.9 Å². The Kier molecular flexibility index (Phi) is 5.08. The van der Waals surface area contributed by atoms with Crippen molar-refractivity contribution in [3.8, 4) is 0 Å². The number of nitrogens with one attached hydrogen (secondary N) is 1. The van der Waals surface area contributed by atoms with Crippen molar-refractivity contribution in [2.24, 2.45) is 5.92 Å². The quantitative estimate of drug-likeness (QED) is 0.878. The normalized spacial score (nSPS) is 18.6. The molecule has 23 heavy (non-hydrogen) atoms. The number of rotatable bonds is 4. The molecule has 2 aromatic rings. The maximum absolute atomic E-state index is 14.4. The van der Waals surface area contributed by atoms with Gasteiger partial charge in [0.1, 0.15) is 5.82 Å². The fourth-order valence-corrected chi connectivity index (χ4v) is 3.06. The van der Waals surface area contributed by atoms with Gasteiger partial charge in [-0.2, -0.15) is 0 Å². The van der Waals surface area contributed by atoms with Crippen LogP contribution in [0.3, 0.4) is 0 Å². The minimum absolute atomic E-state index is 0.0985. The van der Waals surface area contributed by atoms with E-state index in [1.54, 1.807) is 12.1 Å². The lowest BCUT2D eigenvalue weighted by Gasteiger charge is -2.22. The van der Waals surface area contributed by atoms with Crippen LogP contribution in [0.25, 0.3) is 0 Å². The molecule has 1 aliphatic rings. The molecule has 0 spiro atoms. The number of halogens is 2. The Labute approximate surface area is 143 Å². The predicted octanol–water partition coefficient (Wildman–Crippen LogP) is 3.83. The van der Waals surface area contributed by atoms with Crippen LogP contribution in [0.1, 0.15) is 23.6 Å². The first-order valence-corrected chi connectivity index (χ1v) is 8.32. The van der Waals surface area contributed by atoms with E-state index in [9.17, 15) is 9.18 Å². The third-order valence-electron chi connectivity index (χ3n) is 3.99. The summed E-state index contributed by atoms with van der Waals surface area (Å²) in [6.07, 6.45) is 0.705. The Balaban J connectivity index is 1.92. The van der Waals surface area contributed by atoms with E-state index in [0.29, 0.717) is 29.7 Å². The van der Waals surface area contributed by atoms with E-state index in [0.717, 1.165) is 5.56 Å². The van der Waals surface area contributed by atoms with Gasteiger partial charge in [-0.05, 0) is 24.1 Å². The summed E-state index contributed by atoms with van der Waals surface area (Å²) in [6, 6.07) is 13.8. The van der Waals surface area contributed by atoms with Crippen LogP contribution in [0.4, 0.5) is 4.39 Å². The van der Waals surface area contributed by atoms with Crippen molar-refractivity contribution in [3.05, 3.63) is 69.9 Å². The van der Waals surface area contributed by atoms with Gasteiger partial charge in [0.2, 0.25) is 5.91 Å². The van der Waals surface area contributed by atoms with E-state index >= 15 is 0 Å². The van der Waals surface area contributed by atoms with Crippen molar-refractivity contribution in [1.82, 2.24) is 5.32 Å². The molecule has 3 rings (SSSR count). The molecule has 1 N–H and O–H groups in total. The highest BCUT2D eigenvalue weighted by molar-refractivity contribution is 9.10. The van der Waals surface area contributed by atoms with E-state index < -0.39 is 6.04 Å². The highest BCUT2D eigenvalue weighted by Gasteiger charge is 2.27. The maximum Gasteiger partial charge on any atom is 0.226 e. The van der Waals surface area contributed by atoms with Gasteiger partial charge in [-0.25, -0.2) is 4.39 Å². The van der Waals surface area contributed by atoms with Gasteiger partial charge in [0.05, 0.1) is 18.6 Å². The topological polar surface area (TPSA) is 38.3 Å². The Morgan fingerprint density at radius 1 is 1.26 bits per heavy atom. The zero-order valence-corrected chi connectivity index (χ0v) is 14.1. The fraction of sp³-hybridized carbons (Fsp3) is 0.278. The average molecular weight is 378 g/mol. The van der Waals surface area contributed by atoms with E-state index in [4.69, 9.17) is 4.74 Å². The van der Waals surface area contributed by atoms with Gasteiger partial charge in [0, 0.05) is 16.6 Å². The molecule has 1 fully saturated rings. The average Bonchev–Trinajstić information content (AvgIpc) is 3.08. The van der Waals surface area contributed by atoms with E-state index in [-0.39, 0.29) is 17.6 Å². The lowest BCUT2D eigenvalue weighted by atomic mass is 9.97. The zero-order chi connectivity index (χ0) is 16.2. The summed E-state index contributed by atoms with van der Waals surface area (Å²) in [5.74, 6) is -0.616. The van der Waals surface area contributed by atoms with Gasteiger partial charge < -0.3 is 10.1 Å². The Bertz CT molecular complexity index is 687. The summed E-state index contributed by atoms with van der Waals surface area (Å²) in [5, 5.41) is 2.98. The van der Waals surface area contributed by atoms with Crippen LogP contribution in [-0.2, 0) is 9.53 Å². The molecule has 1 aliphatic heterocycles. The minimum Gasteiger partial charge on any atom is -0.381 e. The van der Waals surface area contributed by atoms with Crippen molar-refractivity contribution in [2.45, 2.75) is 12.5 Å². The van der Waals surface area contributed by atoms with E-state index in [2.05, 4.69) is 21.2 Å². The maximum atomic E-state index is 14.4. The summed E-state index contributed by atoms with van der Waals surface area (Å²) in [7, 11) is 0. The summed E-state index contributed by atoms with van der Waals surface area (Å²) >= 11 is 3.26. The molecule has 0 radical (unpaired) electrons. The summed E-state index contributed by atoms with van der Waals surface area (Å²) in [6.45, 7) is 1.02. The molecule has 3 nitrogen and oxygen atoms in total. The Morgan fingerprint density at radius 3 is 2.70 bits per heavy atom. The molecule has 1 saturated heterocycles. The van der Waals surface area contributed by atoms with Crippen LogP contribution in [-0.4, -0.2) is 19.1 Å². The Hall–Kier alpha value is -1.72. The third-order valence-corrected chi connectivity index (χ3v) is 4.49. The molecule has 1 heterocycles. The van der Waals surface area contributed by atoms with Crippen LogP contribution in [0.15, 0.2) is 53.0 Å². The van der Waals surface area contributed by atoms with Gasteiger partial charge in [-0.3, -0.25) is 4.79 Å². The second kappa shape index (κ2) is 7.23. The molecule has 2 unspecified atom stereocenters. The molecular formula is C18H17BrFNO2. The van der Waals surface area contributed by atoms with Crippen molar-refractivity contribution in [2.75, 3.05) is 13.2 Å². The zero-order valence-electron chi connectivity index (χ0n) is 12.5. The number of carbonyl (C=O) groups excluding carboxylic acids is 1. The van der Waals surface area contributed by atoms with Crippen LogP contribution in [0.5, 0.6) is 0 Å². The molecular weight excluding hydrogens is 361 g/mol. The van der Waals surface area contributed by atoms with Crippen molar-refractivity contribution >= 4 is 21.8 Å². The number of hydrogen-bond donors (Lipinski definition) is 1. The molecule has 0 bridgehead atoms. The number of carbonyl (C=O) groups is 1. The highest BCUT2D eigenvalue weighted by Crippen LogP contribution is 2.27. The van der Waals surface area contributed by atoms with Gasteiger partial charge >= 0.3 is 0 Å². The first kappa shape index (κ1) is 16.1. The smallest absolute Gasteiger partial charge is 0.226 e. The molecule has 2 aromatic carbocycles. The lowest BCUT2D eigenvalue weighted by molar-refractivity contribution is -0.125. The molecule has 5 heteroatoms. The summed E-state index contributed by atoms with van der Waals surface area (Å²) in [5.41, 5.74) is 1.30. The van der Waals surface area contributed by atoms with Gasteiger partial charge in [-0.1, -0.05) is 52.3 Å².